The molecule has 0 bridgehead atoms. The smallest absolute Gasteiger partial charge is 0.292 e. The minimum absolute atomic E-state index is 0.0456. The highest BCUT2D eigenvalue weighted by Crippen LogP contribution is 2.32. The molecule has 102 valence electrons. The van der Waals surface area contributed by atoms with Crippen molar-refractivity contribution in [3.63, 3.8) is 0 Å². The number of H-pyrrole nitrogens is 1. The van der Waals surface area contributed by atoms with Gasteiger partial charge in [-0.05, 0) is 24.3 Å². The molecule has 1 aromatic heterocycles. The average molecular weight is 270 g/mol. The third-order valence-electron chi connectivity index (χ3n) is 2.73. The second kappa shape index (κ2) is 6.38. The maximum atomic E-state index is 11.8. The van der Waals surface area contributed by atoms with E-state index in [-0.39, 0.29) is 5.91 Å². The summed E-state index contributed by atoms with van der Waals surface area (Å²) < 4.78 is 3.86. The predicted octanol–water partition coefficient (Wildman–Crippen LogP) is 2.30. The Labute approximate surface area is 116 Å². The summed E-state index contributed by atoms with van der Waals surface area (Å²) in [5.74, 6) is -0.0456. The number of methoxy groups -OCH3 is 1. The van der Waals surface area contributed by atoms with Gasteiger partial charge < -0.3 is 15.0 Å². The number of aromatic nitrogens is 1. The monoisotopic (exact) mass is 270 g/mol. The first-order valence-corrected chi connectivity index (χ1v) is 5.98. The van der Waals surface area contributed by atoms with Crippen molar-refractivity contribution in [2.75, 3.05) is 12.4 Å². The van der Waals surface area contributed by atoms with Crippen LogP contribution in [0.2, 0.25) is 0 Å². The van der Waals surface area contributed by atoms with Crippen LogP contribution in [0.5, 0.6) is 0 Å². The second-order valence-electron chi connectivity index (χ2n) is 4.02. The number of carbonyl (C=O) groups is 2. The molecule has 1 amide bonds. The van der Waals surface area contributed by atoms with Crippen molar-refractivity contribution in [1.82, 2.24) is 4.98 Å². The van der Waals surface area contributed by atoms with Crippen molar-refractivity contribution < 1.29 is 14.3 Å². The van der Waals surface area contributed by atoms with Gasteiger partial charge in [-0.25, -0.2) is 0 Å². The molecule has 2 aromatic rings. The summed E-state index contributed by atoms with van der Waals surface area (Å²) in [4.78, 5) is 23.8. The number of hydrogen-bond donors (Lipinski definition) is 2. The Morgan fingerprint density at radius 1 is 1.15 bits per heavy atom. The molecule has 1 aromatic carbocycles. The van der Waals surface area contributed by atoms with Crippen LogP contribution >= 0.6 is 0 Å². The van der Waals surface area contributed by atoms with Gasteiger partial charge in [0, 0.05) is 23.1 Å². The third kappa shape index (κ3) is 2.95. The molecule has 0 spiro atoms. The zero-order valence-electron chi connectivity index (χ0n) is 10.9. The molecule has 2 N–H and O–H groups in total. The van der Waals surface area contributed by atoms with Crippen LogP contribution in [0.25, 0.3) is 11.6 Å². The average Bonchev–Trinajstić information content (AvgIpc) is 3.09. The van der Waals surface area contributed by atoms with Crippen LogP contribution in [0.4, 0.5) is 5.69 Å². The molecule has 1 aliphatic heterocycles. The van der Waals surface area contributed by atoms with Crippen molar-refractivity contribution >= 4 is 29.7 Å². The van der Waals surface area contributed by atoms with Crippen molar-refractivity contribution in [3.05, 3.63) is 53.9 Å². The standard InChI is InChI=1S/C13H10N2O.C2H4O2/c16-13-11(8-9-4-3-7-14-9)10-5-1-2-6-12(10)15-13;1-4-2-3/h1-8,14H,(H,15,16);2H,1H3/b11-8-;. The van der Waals surface area contributed by atoms with E-state index in [4.69, 9.17) is 4.79 Å². The minimum atomic E-state index is -0.0456. The first-order chi connectivity index (χ1) is 9.76. The molecule has 0 aliphatic carbocycles. The molecule has 2 heterocycles. The zero-order chi connectivity index (χ0) is 14.4. The van der Waals surface area contributed by atoms with Gasteiger partial charge in [0.15, 0.2) is 0 Å². The summed E-state index contributed by atoms with van der Waals surface area (Å²) in [6, 6.07) is 11.5. The summed E-state index contributed by atoms with van der Waals surface area (Å²) in [5.41, 5.74) is 3.48. The number of rotatable bonds is 2. The highest BCUT2D eigenvalue weighted by molar-refractivity contribution is 6.34. The maximum Gasteiger partial charge on any atom is 0.292 e. The Kier molecular flexibility index (Phi) is 4.34. The van der Waals surface area contributed by atoms with Crippen LogP contribution < -0.4 is 5.32 Å². The molecule has 0 saturated carbocycles. The lowest BCUT2D eigenvalue weighted by Crippen LogP contribution is -2.03. The van der Waals surface area contributed by atoms with Crippen LogP contribution in [-0.4, -0.2) is 24.5 Å². The normalized spacial score (nSPS) is 14.1. The van der Waals surface area contributed by atoms with Gasteiger partial charge in [-0.15, -0.1) is 0 Å². The Morgan fingerprint density at radius 3 is 2.55 bits per heavy atom. The number of aromatic amines is 1. The van der Waals surface area contributed by atoms with E-state index < -0.39 is 0 Å². The van der Waals surface area contributed by atoms with Crippen LogP contribution in [-0.2, 0) is 14.3 Å². The molecule has 20 heavy (non-hydrogen) atoms. The Bertz CT molecular complexity index is 630. The van der Waals surface area contributed by atoms with Crippen LogP contribution in [0.1, 0.15) is 11.3 Å². The Hall–Kier alpha value is -2.82. The Balaban J connectivity index is 0.000000328. The first kappa shape index (κ1) is 13.6. The van der Waals surface area contributed by atoms with Gasteiger partial charge in [-0.3, -0.25) is 9.59 Å². The van der Waals surface area contributed by atoms with E-state index in [1.165, 1.54) is 7.11 Å². The molecule has 0 saturated heterocycles. The quantitative estimate of drug-likeness (QED) is 0.649. The Morgan fingerprint density at radius 2 is 1.90 bits per heavy atom. The van der Waals surface area contributed by atoms with Gasteiger partial charge in [-0.2, -0.15) is 0 Å². The molecule has 5 heteroatoms. The molecule has 1 aliphatic rings. The number of para-hydroxylation sites is 1. The number of fused-ring (bicyclic) bond motifs is 1. The summed E-state index contributed by atoms with van der Waals surface area (Å²) in [7, 11) is 1.31. The van der Waals surface area contributed by atoms with Crippen molar-refractivity contribution in [1.29, 1.82) is 0 Å². The second-order valence-corrected chi connectivity index (χ2v) is 4.02. The van der Waals surface area contributed by atoms with E-state index in [9.17, 15) is 4.79 Å². The van der Waals surface area contributed by atoms with Gasteiger partial charge in [0.25, 0.3) is 12.4 Å². The van der Waals surface area contributed by atoms with E-state index in [0.29, 0.717) is 12.0 Å². The first-order valence-electron chi connectivity index (χ1n) is 5.98. The number of benzene rings is 1. The van der Waals surface area contributed by atoms with E-state index in [1.54, 1.807) is 0 Å². The number of hydrogen-bond acceptors (Lipinski definition) is 3. The molecular weight excluding hydrogens is 256 g/mol. The van der Waals surface area contributed by atoms with E-state index >= 15 is 0 Å². The maximum absolute atomic E-state index is 11.8. The van der Waals surface area contributed by atoms with Gasteiger partial charge >= 0.3 is 0 Å². The molecular formula is C15H14N2O3. The highest BCUT2D eigenvalue weighted by Gasteiger charge is 2.23. The highest BCUT2D eigenvalue weighted by atomic mass is 16.5. The van der Waals surface area contributed by atoms with E-state index in [0.717, 1.165) is 16.9 Å². The number of anilines is 1. The van der Waals surface area contributed by atoms with Crippen molar-refractivity contribution in [2.24, 2.45) is 0 Å². The van der Waals surface area contributed by atoms with Crippen LogP contribution in [0.3, 0.4) is 0 Å². The molecule has 5 nitrogen and oxygen atoms in total. The summed E-state index contributed by atoms with van der Waals surface area (Å²) in [5, 5.41) is 2.84. The van der Waals surface area contributed by atoms with Crippen LogP contribution in [0, 0.1) is 0 Å². The fourth-order valence-corrected chi connectivity index (χ4v) is 1.87. The zero-order valence-corrected chi connectivity index (χ0v) is 10.9. The van der Waals surface area contributed by atoms with Gasteiger partial charge in [-0.1, -0.05) is 18.2 Å². The van der Waals surface area contributed by atoms with E-state index in [2.05, 4.69) is 15.0 Å². The van der Waals surface area contributed by atoms with Gasteiger partial charge in [0.2, 0.25) is 0 Å². The van der Waals surface area contributed by atoms with Gasteiger partial charge in [0.1, 0.15) is 0 Å². The minimum Gasteiger partial charge on any atom is -0.471 e. The number of amides is 1. The van der Waals surface area contributed by atoms with Crippen LogP contribution in [0.15, 0.2) is 42.6 Å². The fraction of sp³-hybridized carbons (Fsp3) is 0.0667. The molecule has 3 rings (SSSR count). The fourth-order valence-electron chi connectivity index (χ4n) is 1.87. The SMILES string of the molecule is COC=O.O=C1Nc2ccccc2/C1=C/c1ccc[nH]1. The summed E-state index contributed by atoms with van der Waals surface area (Å²) >= 11 is 0. The molecule has 0 unspecified atom stereocenters. The molecule has 0 radical (unpaired) electrons. The van der Waals surface area contributed by atoms with Gasteiger partial charge in [0.05, 0.1) is 12.7 Å². The van der Waals surface area contributed by atoms with Crippen molar-refractivity contribution in [3.8, 4) is 0 Å². The lowest BCUT2D eigenvalue weighted by molar-refractivity contribution is -0.126. The number of nitrogens with one attached hydrogen (secondary N) is 2. The third-order valence-corrected chi connectivity index (χ3v) is 2.73. The lowest BCUT2D eigenvalue weighted by Gasteiger charge is -1.95. The molecule has 0 fully saturated rings. The summed E-state index contributed by atoms with van der Waals surface area (Å²) in [6.45, 7) is 0.375. The largest absolute Gasteiger partial charge is 0.471 e. The lowest BCUT2D eigenvalue weighted by atomic mass is 10.1. The topological polar surface area (TPSA) is 71.2 Å². The number of carbonyl (C=O) groups excluding carboxylic acids is 2. The molecule has 0 atom stereocenters. The van der Waals surface area contributed by atoms with Crippen molar-refractivity contribution in [2.45, 2.75) is 0 Å². The predicted molar refractivity (Wildman–Crippen MR) is 76.8 cm³/mol. The van der Waals surface area contributed by atoms with E-state index in [1.807, 2.05) is 48.7 Å². The number of ether oxygens (including phenoxy) is 1. The summed E-state index contributed by atoms with van der Waals surface area (Å²) in [6.07, 6.45) is 3.70.